The highest BCUT2D eigenvalue weighted by Gasteiger charge is 2.20. The summed E-state index contributed by atoms with van der Waals surface area (Å²) in [6.45, 7) is 3.90. The second kappa shape index (κ2) is 8.17. The zero-order valence-electron chi connectivity index (χ0n) is 13.1. The van der Waals surface area contributed by atoms with Crippen molar-refractivity contribution in [3.05, 3.63) is 11.6 Å². The summed E-state index contributed by atoms with van der Waals surface area (Å²) in [6, 6.07) is 0. The van der Waals surface area contributed by atoms with Crippen LogP contribution in [0.25, 0.3) is 0 Å². The van der Waals surface area contributed by atoms with Gasteiger partial charge in [-0.05, 0) is 39.2 Å². The summed E-state index contributed by atoms with van der Waals surface area (Å²) in [4.78, 5) is 27.8. The number of likely N-dealkylation sites (N-methyl/N-ethyl adjacent to an activating group) is 1. The van der Waals surface area contributed by atoms with E-state index in [0.29, 0.717) is 6.54 Å². The molecule has 118 valence electrons. The van der Waals surface area contributed by atoms with Crippen molar-refractivity contribution < 1.29 is 9.59 Å². The molecule has 0 spiro atoms. The van der Waals surface area contributed by atoms with Gasteiger partial charge in [0, 0.05) is 32.7 Å². The van der Waals surface area contributed by atoms with Crippen LogP contribution >= 0.6 is 0 Å². The second-order valence-electron chi connectivity index (χ2n) is 6.07. The molecule has 1 heterocycles. The summed E-state index contributed by atoms with van der Waals surface area (Å²) in [5.74, 6) is -0.187. The summed E-state index contributed by atoms with van der Waals surface area (Å²) >= 11 is 0. The van der Waals surface area contributed by atoms with Crippen LogP contribution in [0.3, 0.4) is 0 Å². The molecule has 5 nitrogen and oxygen atoms in total. The van der Waals surface area contributed by atoms with Crippen molar-refractivity contribution in [2.75, 3.05) is 39.8 Å². The SMILES string of the molecule is CN1CCN(C(=O)CC(=O)NCCC2=CCCCC2)CC1. The fourth-order valence-corrected chi connectivity index (χ4v) is 2.86. The zero-order chi connectivity index (χ0) is 15.1. The highest BCUT2D eigenvalue weighted by molar-refractivity contribution is 5.96. The van der Waals surface area contributed by atoms with E-state index in [1.807, 2.05) is 0 Å². The maximum absolute atomic E-state index is 12.0. The third kappa shape index (κ3) is 5.50. The van der Waals surface area contributed by atoms with E-state index in [9.17, 15) is 9.59 Å². The Bertz CT molecular complexity index is 398. The van der Waals surface area contributed by atoms with Crippen LogP contribution in [0.1, 0.15) is 38.5 Å². The first kappa shape index (κ1) is 16.0. The third-order valence-electron chi connectivity index (χ3n) is 4.32. The average Bonchev–Trinajstić information content (AvgIpc) is 2.49. The van der Waals surface area contributed by atoms with Crippen LogP contribution in [0, 0.1) is 0 Å². The molecule has 2 rings (SSSR count). The molecule has 0 bridgehead atoms. The number of carbonyl (C=O) groups excluding carboxylic acids is 2. The molecular formula is C16H27N3O2. The molecule has 1 aliphatic heterocycles. The molecular weight excluding hydrogens is 266 g/mol. The largest absolute Gasteiger partial charge is 0.355 e. The maximum atomic E-state index is 12.0. The van der Waals surface area contributed by atoms with Gasteiger partial charge in [0.2, 0.25) is 11.8 Å². The van der Waals surface area contributed by atoms with Crippen LogP contribution in [0.5, 0.6) is 0 Å². The number of rotatable bonds is 5. The van der Waals surface area contributed by atoms with E-state index in [0.717, 1.165) is 39.0 Å². The number of hydrogen-bond acceptors (Lipinski definition) is 3. The predicted octanol–water partition coefficient (Wildman–Crippen LogP) is 1.16. The van der Waals surface area contributed by atoms with Crippen LogP contribution in [0.2, 0.25) is 0 Å². The normalized spacial score (nSPS) is 20.0. The van der Waals surface area contributed by atoms with Gasteiger partial charge >= 0.3 is 0 Å². The number of amides is 2. The van der Waals surface area contributed by atoms with E-state index in [4.69, 9.17) is 0 Å². The molecule has 0 aromatic heterocycles. The van der Waals surface area contributed by atoms with Crippen LogP contribution < -0.4 is 5.32 Å². The number of hydrogen-bond donors (Lipinski definition) is 1. The van der Waals surface area contributed by atoms with Crippen molar-refractivity contribution in [1.29, 1.82) is 0 Å². The quantitative estimate of drug-likeness (QED) is 0.611. The summed E-state index contributed by atoms with van der Waals surface area (Å²) in [5.41, 5.74) is 1.45. The van der Waals surface area contributed by atoms with E-state index in [1.54, 1.807) is 4.90 Å². The first-order valence-corrected chi connectivity index (χ1v) is 8.06. The van der Waals surface area contributed by atoms with Crippen molar-refractivity contribution >= 4 is 11.8 Å². The van der Waals surface area contributed by atoms with Crippen LogP contribution in [0.15, 0.2) is 11.6 Å². The highest BCUT2D eigenvalue weighted by atomic mass is 16.2. The zero-order valence-corrected chi connectivity index (χ0v) is 13.1. The summed E-state index contributed by atoms with van der Waals surface area (Å²) in [6.07, 6.45) is 8.10. The van der Waals surface area contributed by atoms with Crippen LogP contribution in [0.4, 0.5) is 0 Å². The van der Waals surface area contributed by atoms with Crippen molar-refractivity contribution in [3.8, 4) is 0 Å². The van der Waals surface area contributed by atoms with Gasteiger partial charge in [0.05, 0.1) is 0 Å². The Balaban J connectivity index is 1.62. The van der Waals surface area contributed by atoms with Gasteiger partial charge in [-0.25, -0.2) is 0 Å². The van der Waals surface area contributed by atoms with Crippen LogP contribution in [-0.4, -0.2) is 61.4 Å². The van der Waals surface area contributed by atoms with Gasteiger partial charge in [-0.1, -0.05) is 11.6 Å². The lowest BCUT2D eigenvalue weighted by atomic mass is 9.97. The standard InChI is InChI=1S/C16H27N3O2/c1-18-9-11-19(12-10-18)16(21)13-15(20)17-8-7-14-5-3-2-4-6-14/h5H,2-4,6-13H2,1H3,(H,17,20). The Morgan fingerprint density at radius 3 is 2.62 bits per heavy atom. The number of allylic oxidation sites excluding steroid dienone is 1. The van der Waals surface area contributed by atoms with Crippen molar-refractivity contribution in [3.63, 3.8) is 0 Å². The van der Waals surface area contributed by atoms with E-state index < -0.39 is 0 Å². The van der Waals surface area contributed by atoms with Crippen molar-refractivity contribution in [2.24, 2.45) is 0 Å². The summed E-state index contributed by atoms with van der Waals surface area (Å²) in [7, 11) is 2.05. The molecule has 0 saturated carbocycles. The van der Waals surface area contributed by atoms with Crippen molar-refractivity contribution in [1.82, 2.24) is 15.1 Å². The molecule has 1 saturated heterocycles. The average molecular weight is 293 g/mol. The molecule has 1 aliphatic carbocycles. The predicted molar refractivity (Wildman–Crippen MR) is 82.9 cm³/mol. The maximum Gasteiger partial charge on any atom is 0.232 e. The molecule has 2 aliphatic rings. The van der Waals surface area contributed by atoms with Gasteiger partial charge in [0.1, 0.15) is 6.42 Å². The van der Waals surface area contributed by atoms with Crippen molar-refractivity contribution in [2.45, 2.75) is 38.5 Å². The Kier molecular flexibility index (Phi) is 6.23. The van der Waals surface area contributed by atoms with Gasteiger partial charge in [-0.2, -0.15) is 0 Å². The summed E-state index contributed by atoms with van der Waals surface area (Å²) in [5, 5.41) is 2.87. The minimum absolute atomic E-state index is 0.0111. The molecule has 0 radical (unpaired) electrons. The first-order chi connectivity index (χ1) is 10.1. The minimum Gasteiger partial charge on any atom is -0.355 e. The number of nitrogens with one attached hydrogen (secondary N) is 1. The van der Waals surface area contributed by atoms with E-state index >= 15 is 0 Å². The number of carbonyl (C=O) groups is 2. The van der Waals surface area contributed by atoms with E-state index in [-0.39, 0.29) is 18.2 Å². The molecule has 2 amide bonds. The molecule has 1 fully saturated rings. The second-order valence-corrected chi connectivity index (χ2v) is 6.07. The lowest BCUT2D eigenvalue weighted by Crippen LogP contribution is -2.48. The monoisotopic (exact) mass is 293 g/mol. The Morgan fingerprint density at radius 2 is 1.95 bits per heavy atom. The lowest BCUT2D eigenvalue weighted by Gasteiger charge is -2.32. The van der Waals surface area contributed by atoms with Gasteiger partial charge in [0.25, 0.3) is 0 Å². The van der Waals surface area contributed by atoms with Gasteiger partial charge < -0.3 is 15.1 Å². The van der Waals surface area contributed by atoms with Gasteiger partial charge in [0.15, 0.2) is 0 Å². The first-order valence-electron chi connectivity index (χ1n) is 8.06. The Hall–Kier alpha value is -1.36. The topological polar surface area (TPSA) is 52.7 Å². The lowest BCUT2D eigenvalue weighted by molar-refractivity contribution is -0.137. The van der Waals surface area contributed by atoms with Gasteiger partial charge in [-0.15, -0.1) is 0 Å². The smallest absolute Gasteiger partial charge is 0.232 e. The van der Waals surface area contributed by atoms with Gasteiger partial charge in [-0.3, -0.25) is 9.59 Å². The third-order valence-corrected chi connectivity index (χ3v) is 4.32. The number of nitrogens with zero attached hydrogens (tertiary/aromatic N) is 2. The number of piperazine rings is 1. The van der Waals surface area contributed by atoms with Crippen LogP contribution in [-0.2, 0) is 9.59 Å². The highest BCUT2D eigenvalue weighted by Crippen LogP contribution is 2.19. The van der Waals surface area contributed by atoms with E-state index in [2.05, 4.69) is 23.3 Å². The molecule has 0 aromatic carbocycles. The summed E-state index contributed by atoms with van der Waals surface area (Å²) < 4.78 is 0. The molecule has 0 atom stereocenters. The Morgan fingerprint density at radius 1 is 1.19 bits per heavy atom. The molecule has 5 heteroatoms. The fraction of sp³-hybridized carbons (Fsp3) is 0.750. The Labute approximate surface area is 127 Å². The minimum atomic E-state index is -0.143. The fourth-order valence-electron chi connectivity index (χ4n) is 2.86. The van der Waals surface area contributed by atoms with E-state index in [1.165, 1.54) is 24.8 Å². The molecule has 21 heavy (non-hydrogen) atoms. The molecule has 0 unspecified atom stereocenters. The molecule has 0 aromatic rings. The molecule has 1 N–H and O–H groups in total.